The third kappa shape index (κ3) is 10.3. The van der Waals surface area contributed by atoms with Crippen LogP contribution in [0.25, 0.3) is 89.1 Å². The molecule has 99 heavy (non-hydrogen) atoms. The van der Waals surface area contributed by atoms with Crippen LogP contribution in [-0.4, -0.2) is 32.2 Å². The Labute approximate surface area is 578 Å². The fourth-order valence-electron chi connectivity index (χ4n) is 15.7. The first-order chi connectivity index (χ1) is 49.0. The number of aromatic nitrogens is 2. The van der Waals surface area contributed by atoms with Crippen molar-refractivity contribution in [1.29, 1.82) is 0 Å². The van der Waals surface area contributed by atoms with Crippen molar-refractivity contribution in [2.24, 2.45) is 19.1 Å². The molecule has 0 amide bonds. The highest BCUT2D eigenvalue weighted by Gasteiger charge is 2.46. The van der Waals surface area contributed by atoms with Gasteiger partial charge in [0.25, 0.3) is 0 Å². The predicted molar refractivity (Wildman–Crippen MR) is 413 cm³/mol. The summed E-state index contributed by atoms with van der Waals surface area (Å²) >= 11 is 0. The van der Waals surface area contributed by atoms with Gasteiger partial charge in [0.1, 0.15) is 7.05 Å². The van der Waals surface area contributed by atoms with E-state index in [-0.39, 0.29) is 0 Å². The van der Waals surface area contributed by atoms with Gasteiger partial charge in [-0.15, -0.1) is 0 Å². The van der Waals surface area contributed by atoms with Gasteiger partial charge >= 0.3 is 0 Å². The largest absolute Gasteiger partial charge is 0.342 e. The molecule has 0 saturated heterocycles. The van der Waals surface area contributed by atoms with E-state index in [1.807, 2.05) is 0 Å². The molecule has 17 rings (SSSR count). The summed E-state index contributed by atoms with van der Waals surface area (Å²) in [6.07, 6.45) is 0. The number of rotatable bonds is 12. The zero-order chi connectivity index (χ0) is 66.3. The molecule has 2 aromatic heterocycles. The lowest BCUT2D eigenvalue weighted by molar-refractivity contribution is -0.429. The number of allylic oxidation sites excluding steroid dienone is 5. The number of benzene rings is 12. The molecule has 0 fully saturated rings. The van der Waals surface area contributed by atoms with Gasteiger partial charge in [-0.2, -0.15) is 4.58 Å². The Morgan fingerprint density at radius 3 is 0.838 bits per heavy atom. The normalized spacial score (nSPS) is 13.8. The van der Waals surface area contributed by atoms with Crippen LogP contribution < -0.4 is 10.7 Å². The van der Waals surface area contributed by atoms with Crippen LogP contribution in [0.3, 0.4) is 0 Å². The van der Waals surface area contributed by atoms with Crippen molar-refractivity contribution in [2.75, 3.05) is 7.05 Å². The lowest BCUT2D eigenvalue weighted by atomic mass is 9.82. The average molecular weight is 1270 g/mol. The van der Waals surface area contributed by atoms with Gasteiger partial charge in [0.05, 0.1) is 55.8 Å². The van der Waals surface area contributed by atoms with E-state index in [1.165, 1.54) is 0 Å². The van der Waals surface area contributed by atoms with Gasteiger partial charge in [0.15, 0.2) is 0 Å². The summed E-state index contributed by atoms with van der Waals surface area (Å²) in [7, 11) is 6.97. The summed E-state index contributed by atoms with van der Waals surface area (Å²) in [4.78, 5) is 6.60. The number of hydrogen-bond acceptors (Lipinski definition) is 1. The smallest absolute Gasteiger partial charge is 0.224 e. The van der Waals surface area contributed by atoms with Crippen molar-refractivity contribution in [2.45, 2.75) is 0 Å². The molecule has 0 N–H and O–H groups in total. The summed E-state index contributed by atoms with van der Waals surface area (Å²) in [6, 6.07) is 133. The fraction of sp³-hybridized carbons (Fsp3) is 0.0316. The highest BCUT2D eigenvalue weighted by atomic mass is 15.1. The molecule has 4 heterocycles. The van der Waals surface area contributed by atoms with Gasteiger partial charge in [-0.3, -0.25) is 0 Å². The van der Waals surface area contributed by atoms with E-state index in [9.17, 15) is 0 Å². The van der Waals surface area contributed by atoms with Crippen LogP contribution in [0.2, 0.25) is 0 Å². The van der Waals surface area contributed by atoms with Crippen molar-refractivity contribution >= 4 is 56.0 Å². The van der Waals surface area contributed by atoms with Crippen LogP contribution in [0.15, 0.2) is 380 Å². The Kier molecular flexibility index (Phi) is 15.6. The monoisotopic (exact) mass is 1270 g/mol. The lowest BCUT2D eigenvalue weighted by Crippen LogP contribution is -2.31. The second-order valence-corrected chi connectivity index (χ2v) is 25.5. The first-order valence-electron chi connectivity index (χ1n) is 34.1. The maximum Gasteiger partial charge on any atom is 0.224 e. The SMILES string of the molecule is Cn1c2c(-c3ccccc3)c(-c3ccccc3)c1C(c1ccccc1)=c1c(-c3ccccc3)c(-c3ccccc3)c(n1C)=C(c1ccccc1)C1=NC(=C(c3ccccc3)C3=[N+](C)C(=C2c2ccccc2)C(c2ccccc2)=C3c2ccccc2)C(c2ccccc2)=C1c1ccccc1. The minimum Gasteiger partial charge on any atom is -0.342 e. The standard InChI is InChI=1S/C95H69N4/c1-97-90-78(66-44-20-6-21-45-66)80(68-48-24-8-25-49-68)92(97)86(74-60-36-14-37-61-74)94-82(70-52-28-10-29-53-70)83(71-54-30-11-31-55-71)95(99(94)3)87(75-62-38-15-39-63-75)93-81(69-50-26-9-27-51-69)79(67-46-22-7-23-47-67)91(98(93)2)85(73-58-34-13-35-59-73)89-77(65-42-18-5-19-43-65)76(64-40-16-4-17-41-64)88(96-89)84(90)72-56-32-12-33-57-72/h4-63H,1-3H3/q+1. The van der Waals surface area contributed by atoms with Gasteiger partial charge < -0.3 is 9.13 Å². The Balaban J connectivity index is 1.27. The average Bonchev–Trinajstić information content (AvgIpc) is 1.54. The number of fused-ring (bicyclic) bond motifs is 10. The van der Waals surface area contributed by atoms with E-state index in [0.29, 0.717) is 0 Å². The summed E-state index contributed by atoms with van der Waals surface area (Å²) in [5.41, 5.74) is 31.6. The molecule has 0 atom stereocenters. The molecule has 468 valence electrons. The molecule has 0 unspecified atom stereocenters. The molecule has 0 radical (unpaired) electrons. The molecule has 2 aliphatic heterocycles. The van der Waals surface area contributed by atoms with Crippen LogP contribution in [0, 0.1) is 0 Å². The molecule has 14 aromatic rings. The minimum atomic E-state index is 0.861. The molecule has 4 heteroatoms. The van der Waals surface area contributed by atoms with E-state index in [0.717, 1.165) is 179 Å². The maximum absolute atomic E-state index is 6.60. The first kappa shape index (κ1) is 59.9. The molecular weight excluding hydrogens is 1200 g/mol. The van der Waals surface area contributed by atoms with E-state index in [4.69, 9.17) is 4.99 Å². The zero-order valence-corrected chi connectivity index (χ0v) is 55.4. The summed E-state index contributed by atoms with van der Waals surface area (Å²) in [5, 5.41) is 2.08. The number of aliphatic imine (C=N–C) groups is 1. The van der Waals surface area contributed by atoms with Crippen LogP contribution in [0.5, 0.6) is 0 Å². The Morgan fingerprint density at radius 2 is 0.475 bits per heavy atom. The molecular formula is C95H69N4+. The maximum atomic E-state index is 6.60. The minimum absolute atomic E-state index is 0.861. The predicted octanol–water partition coefficient (Wildman–Crippen LogP) is 20.4. The first-order valence-corrected chi connectivity index (χ1v) is 34.1. The topological polar surface area (TPSA) is 25.2 Å². The fourth-order valence-corrected chi connectivity index (χ4v) is 15.7. The van der Waals surface area contributed by atoms with Crippen LogP contribution in [0.1, 0.15) is 55.9 Å². The Hall–Kier alpha value is -12.8. The summed E-state index contributed by atoms with van der Waals surface area (Å²) in [6.45, 7) is 0. The van der Waals surface area contributed by atoms with Gasteiger partial charge in [0, 0.05) is 58.6 Å². The molecule has 3 aliphatic rings. The van der Waals surface area contributed by atoms with E-state index < -0.39 is 0 Å². The van der Waals surface area contributed by atoms with Crippen molar-refractivity contribution in [3.63, 3.8) is 0 Å². The summed E-state index contributed by atoms with van der Waals surface area (Å²) in [5.74, 6) is 0. The Morgan fingerprint density at radius 1 is 0.222 bits per heavy atom. The van der Waals surface area contributed by atoms with Gasteiger partial charge in [0.2, 0.25) is 11.4 Å². The van der Waals surface area contributed by atoms with Crippen molar-refractivity contribution in [3.8, 4) is 44.5 Å². The Bertz CT molecular complexity index is 5730. The molecule has 0 spiro atoms. The molecule has 4 nitrogen and oxygen atoms in total. The van der Waals surface area contributed by atoms with E-state index in [2.05, 4.69) is 399 Å². The number of likely N-dealkylation sites (N-methyl/N-ethyl adjacent to an activating group) is 1. The van der Waals surface area contributed by atoms with E-state index in [1.54, 1.807) is 0 Å². The molecule has 1 aliphatic carbocycles. The van der Waals surface area contributed by atoms with Crippen LogP contribution in [0.4, 0.5) is 0 Å². The lowest BCUT2D eigenvalue weighted by Gasteiger charge is -2.18. The van der Waals surface area contributed by atoms with Crippen LogP contribution >= 0.6 is 0 Å². The zero-order valence-electron chi connectivity index (χ0n) is 55.4. The van der Waals surface area contributed by atoms with Crippen molar-refractivity contribution in [1.82, 2.24) is 9.13 Å². The van der Waals surface area contributed by atoms with Crippen molar-refractivity contribution in [3.05, 3.63) is 442 Å². The third-order valence-corrected chi connectivity index (χ3v) is 19.8. The highest BCUT2D eigenvalue weighted by molar-refractivity contribution is 6.55. The summed E-state index contributed by atoms with van der Waals surface area (Å²) < 4.78 is 7.66. The second-order valence-electron chi connectivity index (χ2n) is 25.5. The van der Waals surface area contributed by atoms with Crippen LogP contribution in [-0.2, 0) is 14.1 Å². The van der Waals surface area contributed by atoms with Gasteiger partial charge in [-0.1, -0.05) is 364 Å². The third-order valence-electron chi connectivity index (χ3n) is 19.8. The van der Waals surface area contributed by atoms with E-state index >= 15 is 0 Å². The number of hydrogen-bond donors (Lipinski definition) is 0. The van der Waals surface area contributed by atoms with Gasteiger partial charge in [-0.25, -0.2) is 4.99 Å². The number of nitrogens with zero attached hydrogens (tertiary/aromatic N) is 4. The highest BCUT2D eigenvalue weighted by Crippen LogP contribution is 2.54. The van der Waals surface area contributed by atoms with Crippen molar-refractivity contribution < 1.29 is 4.58 Å². The quantitative estimate of drug-likeness (QED) is 0.109. The molecule has 0 saturated carbocycles. The van der Waals surface area contributed by atoms with Gasteiger partial charge in [-0.05, 0) is 66.8 Å². The molecule has 8 bridgehead atoms. The second kappa shape index (κ2) is 25.8. The molecule has 12 aromatic carbocycles.